The number of hydrogen-bond acceptors (Lipinski definition) is 4. The van der Waals surface area contributed by atoms with Crippen LogP contribution in [0.15, 0.2) is 18.2 Å². The van der Waals surface area contributed by atoms with Gasteiger partial charge < -0.3 is 9.80 Å². The average molecular weight is 450 g/mol. The SMILES string of the molecule is C[C@H]1CN(CCC(C)(C(=O)N(C)C)c2ccc(Cl)c(Cl)c2)CCN1S(C)(=O)=O. The second-order valence-electron chi connectivity index (χ2n) is 7.93. The predicted molar refractivity (Wildman–Crippen MR) is 115 cm³/mol. The van der Waals surface area contributed by atoms with Crippen LogP contribution in [0.4, 0.5) is 0 Å². The van der Waals surface area contributed by atoms with Crippen molar-refractivity contribution in [1.29, 1.82) is 0 Å². The lowest BCUT2D eigenvalue weighted by Crippen LogP contribution is -2.54. The number of amides is 1. The van der Waals surface area contributed by atoms with Crippen molar-refractivity contribution in [2.45, 2.75) is 31.7 Å². The quantitative estimate of drug-likeness (QED) is 0.669. The monoisotopic (exact) mass is 449 g/mol. The molecule has 9 heteroatoms. The third-order valence-corrected chi connectivity index (χ3v) is 7.57. The van der Waals surface area contributed by atoms with Crippen molar-refractivity contribution in [3.05, 3.63) is 33.8 Å². The number of halogens is 2. The highest BCUT2D eigenvalue weighted by molar-refractivity contribution is 7.88. The largest absolute Gasteiger partial charge is 0.348 e. The van der Waals surface area contributed by atoms with Gasteiger partial charge in [-0.1, -0.05) is 29.3 Å². The molecule has 0 N–H and O–H groups in total. The Morgan fingerprint density at radius 1 is 1.25 bits per heavy atom. The molecule has 1 saturated heterocycles. The van der Waals surface area contributed by atoms with Crippen LogP contribution in [-0.2, 0) is 20.2 Å². The zero-order chi connectivity index (χ0) is 21.3. The number of hydrogen-bond donors (Lipinski definition) is 0. The van der Waals surface area contributed by atoms with Crippen LogP contribution < -0.4 is 0 Å². The van der Waals surface area contributed by atoms with E-state index in [9.17, 15) is 13.2 Å². The maximum atomic E-state index is 13.0. The normalized spacial score (nSPS) is 21.3. The molecular weight excluding hydrogens is 421 g/mol. The van der Waals surface area contributed by atoms with Crippen LogP contribution in [0.5, 0.6) is 0 Å². The predicted octanol–water partition coefficient (Wildman–Crippen LogP) is 2.70. The molecule has 0 bridgehead atoms. The fraction of sp³-hybridized carbons (Fsp3) is 0.632. The summed E-state index contributed by atoms with van der Waals surface area (Å²) in [6, 6.07) is 5.23. The zero-order valence-electron chi connectivity index (χ0n) is 17.1. The summed E-state index contributed by atoms with van der Waals surface area (Å²) in [4.78, 5) is 16.8. The number of likely N-dealkylation sites (N-methyl/N-ethyl adjacent to an activating group) is 1. The molecule has 1 aliphatic rings. The molecule has 0 aromatic heterocycles. The smallest absolute Gasteiger partial charge is 0.232 e. The molecule has 0 aliphatic carbocycles. The molecule has 1 amide bonds. The fourth-order valence-corrected chi connectivity index (χ4v) is 5.23. The van der Waals surface area contributed by atoms with E-state index in [0.717, 1.165) is 5.56 Å². The van der Waals surface area contributed by atoms with Crippen molar-refractivity contribution < 1.29 is 13.2 Å². The molecule has 2 atom stereocenters. The Bertz CT molecular complexity index is 832. The summed E-state index contributed by atoms with van der Waals surface area (Å²) in [6.07, 6.45) is 1.84. The summed E-state index contributed by atoms with van der Waals surface area (Å²) in [6.45, 7) is 6.26. The van der Waals surface area contributed by atoms with E-state index in [2.05, 4.69) is 4.90 Å². The molecule has 28 heavy (non-hydrogen) atoms. The van der Waals surface area contributed by atoms with Crippen LogP contribution >= 0.6 is 23.2 Å². The fourth-order valence-electron chi connectivity index (χ4n) is 3.80. The van der Waals surface area contributed by atoms with E-state index in [1.165, 1.54) is 10.6 Å². The third kappa shape index (κ3) is 5.19. The van der Waals surface area contributed by atoms with Crippen molar-refractivity contribution in [3.8, 4) is 0 Å². The van der Waals surface area contributed by atoms with Gasteiger partial charge in [0.1, 0.15) is 0 Å². The van der Waals surface area contributed by atoms with Crippen molar-refractivity contribution >= 4 is 39.1 Å². The molecule has 0 spiro atoms. The molecular formula is C19H29Cl2N3O3S. The van der Waals surface area contributed by atoms with Gasteiger partial charge in [0, 0.05) is 39.8 Å². The first-order chi connectivity index (χ1) is 12.9. The standard InChI is InChI=1S/C19H29Cl2N3O3S/c1-14-13-23(10-11-24(14)28(5,26)27)9-8-19(2,18(25)22(3)4)15-6-7-16(20)17(21)12-15/h6-7,12,14H,8-11,13H2,1-5H3/t14-,19?/m0/s1. The molecule has 1 aliphatic heterocycles. The molecule has 0 radical (unpaired) electrons. The Hall–Kier alpha value is -0.860. The van der Waals surface area contributed by atoms with Gasteiger partial charge in [-0.25, -0.2) is 8.42 Å². The minimum Gasteiger partial charge on any atom is -0.348 e. The summed E-state index contributed by atoms with van der Waals surface area (Å²) in [7, 11) is 0.283. The molecule has 1 aromatic carbocycles. The van der Waals surface area contributed by atoms with Crippen molar-refractivity contribution in [2.24, 2.45) is 0 Å². The number of rotatable bonds is 6. The van der Waals surface area contributed by atoms with Crippen LogP contribution in [0.1, 0.15) is 25.8 Å². The van der Waals surface area contributed by atoms with E-state index in [1.54, 1.807) is 31.1 Å². The molecule has 1 fully saturated rings. The number of nitrogens with zero attached hydrogens (tertiary/aromatic N) is 3. The van der Waals surface area contributed by atoms with Crippen LogP contribution in [0.2, 0.25) is 10.0 Å². The first-order valence-electron chi connectivity index (χ1n) is 9.22. The van der Waals surface area contributed by atoms with E-state index in [0.29, 0.717) is 42.6 Å². The van der Waals surface area contributed by atoms with Crippen LogP contribution in [0.25, 0.3) is 0 Å². The lowest BCUT2D eigenvalue weighted by Gasteiger charge is -2.40. The molecule has 1 aromatic rings. The summed E-state index contributed by atoms with van der Waals surface area (Å²) >= 11 is 12.3. The Morgan fingerprint density at radius 3 is 2.39 bits per heavy atom. The summed E-state index contributed by atoms with van der Waals surface area (Å²) in [5.41, 5.74) is 0.0676. The second-order valence-corrected chi connectivity index (χ2v) is 10.7. The summed E-state index contributed by atoms with van der Waals surface area (Å²) < 4.78 is 25.3. The Balaban J connectivity index is 2.18. The Labute approximate surface area is 178 Å². The third-order valence-electron chi connectivity index (χ3n) is 5.44. The van der Waals surface area contributed by atoms with Crippen LogP contribution in [0, 0.1) is 0 Å². The van der Waals surface area contributed by atoms with Crippen LogP contribution in [0.3, 0.4) is 0 Å². The van der Waals surface area contributed by atoms with Gasteiger partial charge in [0.2, 0.25) is 15.9 Å². The molecule has 6 nitrogen and oxygen atoms in total. The highest BCUT2D eigenvalue weighted by Crippen LogP contribution is 2.34. The van der Waals surface area contributed by atoms with Gasteiger partial charge in [-0.15, -0.1) is 0 Å². The maximum Gasteiger partial charge on any atom is 0.232 e. The highest BCUT2D eigenvalue weighted by Gasteiger charge is 2.38. The van der Waals surface area contributed by atoms with Gasteiger partial charge in [-0.05, 0) is 44.5 Å². The highest BCUT2D eigenvalue weighted by atomic mass is 35.5. The lowest BCUT2D eigenvalue weighted by atomic mass is 9.78. The van der Waals surface area contributed by atoms with Gasteiger partial charge in [-0.3, -0.25) is 4.79 Å². The Kier molecular flexibility index (Phi) is 7.42. The van der Waals surface area contributed by atoms with Crippen LogP contribution in [-0.4, -0.2) is 81.0 Å². The lowest BCUT2D eigenvalue weighted by molar-refractivity contribution is -0.134. The molecule has 1 unspecified atom stereocenters. The van der Waals surface area contributed by atoms with Crippen molar-refractivity contribution in [3.63, 3.8) is 0 Å². The van der Waals surface area contributed by atoms with E-state index in [1.807, 2.05) is 19.9 Å². The summed E-state index contributed by atoms with van der Waals surface area (Å²) in [5.74, 6) is -0.00582. The number of benzene rings is 1. The van der Waals surface area contributed by atoms with E-state index in [-0.39, 0.29) is 11.9 Å². The van der Waals surface area contributed by atoms with E-state index < -0.39 is 15.4 Å². The van der Waals surface area contributed by atoms with Crippen molar-refractivity contribution in [1.82, 2.24) is 14.1 Å². The van der Waals surface area contributed by atoms with Gasteiger partial charge in [-0.2, -0.15) is 4.31 Å². The molecule has 2 rings (SSSR count). The average Bonchev–Trinajstić information content (AvgIpc) is 2.60. The zero-order valence-corrected chi connectivity index (χ0v) is 19.4. The molecule has 0 saturated carbocycles. The summed E-state index contributed by atoms with van der Waals surface area (Å²) in [5, 5.41) is 0.878. The molecule has 158 valence electrons. The van der Waals surface area contributed by atoms with Gasteiger partial charge in [0.15, 0.2) is 0 Å². The second kappa shape index (κ2) is 8.88. The maximum absolute atomic E-state index is 13.0. The van der Waals surface area contributed by atoms with Gasteiger partial charge in [0.25, 0.3) is 0 Å². The topological polar surface area (TPSA) is 60.9 Å². The first kappa shape index (κ1) is 23.4. The number of carbonyl (C=O) groups excluding carboxylic acids is 1. The minimum atomic E-state index is -3.20. The van der Waals surface area contributed by atoms with Gasteiger partial charge in [0.05, 0.1) is 21.7 Å². The molecule has 1 heterocycles. The number of piperazine rings is 1. The van der Waals surface area contributed by atoms with Gasteiger partial charge >= 0.3 is 0 Å². The van der Waals surface area contributed by atoms with E-state index >= 15 is 0 Å². The minimum absolute atomic E-state index is 0.00582. The van der Waals surface area contributed by atoms with E-state index in [4.69, 9.17) is 23.2 Å². The Morgan fingerprint density at radius 2 is 1.89 bits per heavy atom. The van der Waals surface area contributed by atoms with Crippen molar-refractivity contribution in [2.75, 3.05) is 46.5 Å². The number of carbonyl (C=O) groups is 1. The first-order valence-corrected chi connectivity index (χ1v) is 11.8. The number of sulfonamides is 1.